The normalized spacial score (nSPS) is 17.7. The molecule has 0 aromatic heterocycles. The second-order valence-electron chi connectivity index (χ2n) is 5.78. The van der Waals surface area contributed by atoms with Crippen molar-refractivity contribution >= 4 is 11.9 Å². The first-order valence-corrected chi connectivity index (χ1v) is 8.28. The topological polar surface area (TPSA) is 52.6 Å². The second kappa shape index (κ2) is 10.2. The lowest BCUT2D eigenvalue weighted by atomic mass is 9.69. The molecule has 1 rings (SSSR count). The van der Waals surface area contributed by atoms with Gasteiger partial charge in [0.1, 0.15) is 0 Å². The number of esters is 2. The second-order valence-corrected chi connectivity index (χ2v) is 5.78. The molecule has 0 aromatic rings. The molecule has 0 saturated heterocycles. The van der Waals surface area contributed by atoms with E-state index in [1.165, 1.54) is 31.4 Å². The van der Waals surface area contributed by atoms with Crippen LogP contribution in [0.4, 0.5) is 0 Å². The van der Waals surface area contributed by atoms with Crippen LogP contribution in [0.15, 0.2) is 24.3 Å². The van der Waals surface area contributed by atoms with Gasteiger partial charge < -0.3 is 9.47 Å². The third kappa shape index (κ3) is 6.92. The van der Waals surface area contributed by atoms with Gasteiger partial charge in [-0.1, -0.05) is 31.4 Å². The number of allylic oxidation sites excluding steroid dienone is 2. The van der Waals surface area contributed by atoms with Crippen LogP contribution >= 0.6 is 0 Å². The number of carbonyl (C=O) groups excluding carboxylic acids is 2. The molecule has 0 aliphatic heterocycles. The van der Waals surface area contributed by atoms with Gasteiger partial charge in [-0.15, -0.1) is 0 Å². The highest BCUT2D eigenvalue weighted by molar-refractivity contribution is 5.82. The van der Waals surface area contributed by atoms with Crippen molar-refractivity contribution in [2.24, 2.45) is 5.41 Å². The molecule has 1 saturated carbocycles. The standard InChI is InChI=1S/C18H28O4/c1-3-21-16(19)10-8-14-18(12-6-5-7-13-18)15-9-11-17(20)22-4-2/h8-11H,3-7,12-15H2,1-2H3/b10-8+,11-9+. The van der Waals surface area contributed by atoms with E-state index in [1.807, 2.05) is 12.2 Å². The van der Waals surface area contributed by atoms with Crippen molar-refractivity contribution in [2.45, 2.75) is 58.8 Å². The molecule has 0 heterocycles. The van der Waals surface area contributed by atoms with E-state index in [9.17, 15) is 9.59 Å². The quantitative estimate of drug-likeness (QED) is 0.503. The molecule has 4 heteroatoms. The smallest absolute Gasteiger partial charge is 0.330 e. The number of ether oxygens (including phenoxy) is 2. The van der Waals surface area contributed by atoms with Crippen molar-refractivity contribution < 1.29 is 19.1 Å². The van der Waals surface area contributed by atoms with E-state index in [-0.39, 0.29) is 17.4 Å². The predicted octanol–water partition coefficient (Wildman–Crippen LogP) is 3.96. The van der Waals surface area contributed by atoms with E-state index in [4.69, 9.17) is 9.47 Å². The van der Waals surface area contributed by atoms with Crippen LogP contribution in [-0.2, 0) is 19.1 Å². The van der Waals surface area contributed by atoms with Gasteiger partial charge in [0, 0.05) is 12.2 Å². The fourth-order valence-corrected chi connectivity index (χ4v) is 2.98. The molecule has 22 heavy (non-hydrogen) atoms. The number of hydrogen-bond donors (Lipinski definition) is 0. The number of carbonyl (C=O) groups is 2. The Morgan fingerprint density at radius 2 is 1.32 bits per heavy atom. The largest absolute Gasteiger partial charge is 0.463 e. The first-order valence-electron chi connectivity index (χ1n) is 8.28. The van der Waals surface area contributed by atoms with Gasteiger partial charge in [-0.05, 0) is 44.9 Å². The molecule has 0 N–H and O–H groups in total. The Morgan fingerprint density at radius 1 is 0.864 bits per heavy atom. The zero-order valence-electron chi connectivity index (χ0n) is 13.8. The first-order chi connectivity index (χ1) is 10.6. The van der Waals surface area contributed by atoms with Gasteiger partial charge in [0.2, 0.25) is 0 Å². The van der Waals surface area contributed by atoms with Crippen LogP contribution in [0.1, 0.15) is 58.8 Å². The van der Waals surface area contributed by atoms with E-state index in [0.717, 1.165) is 25.7 Å². The summed E-state index contributed by atoms with van der Waals surface area (Å²) in [6.07, 6.45) is 14.5. The van der Waals surface area contributed by atoms with E-state index in [0.29, 0.717) is 13.2 Å². The van der Waals surface area contributed by atoms with Gasteiger partial charge in [-0.25, -0.2) is 9.59 Å². The Kier molecular flexibility index (Phi) is 8.56. The van der Waals surface area contributed by atoms with Crippen LogP contribution in [0.25, 0.3) is 0 Å². The van der Waals surface area contributed by atoms with Crippen molar-refractivity contribution in [3.63, 3.8) is 0 Å². The maximum absolute atomic E-state index is 11.4. The molecule has 0 spiro atoms. The summed E-state index contributed by atoms with van der Waals surface area (Å²) in [5, 5.41) is 0. The van der Waals surface area contributed by atoms with Crippen molar-refractivity contribution in [3.8, 4) is 0 Å². The molecule has 0 amide bonds. The average Bonchev–Trinajstić information content (AvgIpc) is 2.49. The lowest BCUT2D eigenvalue weighted by Crippen LogP contribution is -2.23. The van der Waals surface area contributed by atoms with Crippen molar-refractivity contribution in [2.75, 3.05) is 13.2 Å². The summed E-state index contributed by atoms with van der Waals surface area (Å²) in [4.78, 5) is 22.8. The molecular weight excluding hydrogens is 280 g/mol. The fraction of sp³-hybridized carbons (Fsp3) is 0.667. The van der Waals surface area contributed by atoms with Crippen molar-refractivity contribution in [1.82, 2.24) is 0 Å². The Labute approximate surface area is 133 Å². The molecule has 0 unspecified atom stereocenters. The third-order valence-electron chi connectivity index (χ3n) is 4.10. The third-order valence-corrected chi connectivity index (χ3v) is 4.10. The lowest BCUT2D eigenvalue weighted by Gasteiger charge is -2.36. The molecule has 0 atom stereocenters. The maximum atomic E-state index is 11.4. The molecule has 0 radical (unpaired) electrons. The Balaban J connectivity index is 2.58. The molecule has 1 aliphatic rings. The van der Waals surface area contributed by atoms with E-state index in [1.54, 1.807) is 13.8 Å². The van der Waals surface area contributed by atoms with Gasteiger partial charge in [-0.2, -0.15) is 0 Å². The minimum absolute atomic E-state index is 0.157. The molecule has 124 valence electrons. The predicted molar refractivity (Wildman–Crippen MR) is 86.3 cm³/mol. The summed E-state index contributed by atoms with van der Waals surface area (Å²) >= 11 is 0. The van der Waals surface area contributed by atoms with Crippen molar-refractivity contribution in [3.05, 3.63) is 24.3 Å². The lowest BCUT2D eigenvalue weighted by molar-refractivity contribution is -0.138. The Morgan fingerprint density at radius 3 is 1.73 bits per heavy atom. The highest BCUT2D eigenvalue weighted by atomic mass is 16.5. The zero-order chi connectivity index (χ0) is 16.3. The Bertz CT molecular complexity index is 371. The minimum atomic E-state index is -0.282. The number of rotatable bonds is 8. The summed E-state index contributed by atoms with van der Waals surface area (Å²) in [6, 6.07) is 0. The molecule has 1 aliphatic carbocycles. The average molecular weight is 308 g/mol. The fourth-order valence-electron chi connectivity index (χ4n) is 2.98. The first kappa shape index (κ1) is 18.5. The molecular formula is C18H28O4. The van der Waals surface area contributed by atoms with E-state index in [2.05, 4.69) is 0 Å². The summed E-state index contributed by atoms with van der Waals surface area (Å²) in [5.74, 6) is -0.564. The van der Waals surface area contributed by atoms with Crippen LogP contribution in [0, 0.1) is 5.41 Å². The van der Waals surface area contributed by atoms with Crippen LogP contribution < -0.4 is 0 Å². The minimum Gasteiger partial charge on any atom is -0.463 e. The summed E-state index contributed by atoms with van der Waals surface area (Å²) in [6.45, 7) is 4.40. The maximum Gasteiger partial charge on any atom is 0.330 e. The van der Waals surface area contributed by atoms with Crippen LogP contribution in [0.5, 0.6) is 0 Å². The van der Waals surface area contributed by atoms with E-state index >= 15 is 0 Å². The summed E-state index contributed by atoms with van der Waals surface area (Å²) in [5.41, 5.74) is 0.157. The van der Waals surface area contributed by atoms with Crippen LogP contribution in [-0.4, -0.2) is 25.2 Å². The molecule has 0 bridgehead atoms. The molecule has 1 fully saturated rings. The van der Waals surface area contributed by atoms with Crippen LogP contribution in [0.3, 0.4) is 0 Å². The SMILES string of the molecule is CCOC(=O)/C=C/CC1(C/C=C/C(=O)OCC)CCCCC1. The highest BCUT2D eigenvalue weighted by Gasteiger charge is 2.29. The number of hydrogen-bond acceptors (Lipinski definition) is 4. The van der Waals surface area contributed by atoms with Gasteiger partial charge >= 0.3 is 11.9 Å². The van der Waals surface area contributed by atoms with E-state index < -0.39 is 0 Å². The summed E-state index contributed by atoms with van der Waals surface area (Å²) in [7, 11) is 0. The van der Waals surface area contributed by atoms with Crippen molar-refractivity contribution in [1.29, 1.82) is 0 Å². The summed E-state index contributed by atoms with van der Waals surface area (Å²) < 4.78 is 9.81. The Hall–Kier alpha value is -1.58. The molecule has 0 aromatic carbocycles. The van der Waals surface area contributed by atoms with Gasteiger partial charge in [0.15, 0.2) is 0 Å². The zero-order valence-corrected chi connectivity index (χ0v) is 13.8. The van der Waals surface area contributed by atoms with Gasteiger partial charge in [-0.3, -0.25) is 0 Å². The molecule has 4 nitrogen and oxygen atoms in total. The van der Waals surface area contributed by atoms with Crippen LogP contribution in [0.2, 0.25) is 0 Å². The highest BCUT2D eigenvalue weighted by Crippen LogP contribution is 2.42. The van der Waals surface area contributed by atoms with Gasteiger partial charge in [0.05, 0.1) is 13.2 Å². The van der Waals surface area contributed by atoms with Gasteiger partial charge in [0.25, 0.3) is 0 Å². The monoisotopic (exact) mass is 308 g/mol.